The van der Waals surface area contributed by atoms with Gasteiger partial charge in [-0.05, 0) is 18.2 Å². The molecule has 0 radical (unpaired) electrons. The second-order valence-electron chi connectivity index (χ2n) is 4.09. The molecule has 2 heteroatoms. The largest absolute Gasteiger partial charge is 0.507 e. The molecule has 2 nitrogen and oxygen atoms in total. The number of phenolic OH excluding ortho intramolecular Hbond substituents is 1. The summed E-state index contributed by atoms with van der Waals surface area (Å²) >= 11 is 0. The number of hydrogen-bond donors (Lipinski definition) is 1. The summed E-state index contributed by atoms with van der Waals surface area (Å²) in [5.74, 6) is 0.335. The zero-order chi connectivity index (χ0) is 11.8. The van der Waals surface area contributed by atoms with Gasteiger partial charge >= 0.3 is 0 Å². The summed E-state index contributed by atoms with van der Waals surface area (Å²) in [4.78, 5) is 0. The minimum atomic E-state index is 0.335. The number of rotatable bonds is 2. The molecule has 1 heterocycles. The zero-order valence-corrected chi connectivity index (χ0v) is 9.43. The summed E-state index contributed by atoms with van der Waals surface area (Å²) in [5.41, 5.74) is 2.18. The molecule has 0 atom stereocenters. The van der Waals surface area contributed by atoms with E-state index in [1.807, 2.05) is 36.4 Å². The van der Waals surface area contributed by atoms with Gasteiger partial charge in [-0.15, -0.1) is 6.58 Å². The van der Waals surface area contributed by atoms with E-state index in [-0.39, 0.29) is 0 Å². The monoisotopic (exact) mass is 223 g/mol. The molecule has 2 aromatic carbocycles. The van der Waals surface area contributed by atoms with Gasteiger partial charge in [-0.1, -0.05) is 30.3 Å². The molecule has 0 aliphatic heterocycles. The Kier molecular flexibility index (Phi) is 2.15. The van der Waals surface area contributed by atoms with E-state index in [4.69, 9.17) is 0 Å². The Balaban J connectivity index is 2.57. The van der Waals surface area contributed by atoms with Gasteiger partial charge < -0.3 is 9.67 Å². The molecule has 0 saturated carbocycles. The molecule has 0 aliphatic rings. The molecule has 0 unspecified atom stereocenters. The second-order valence-corrected chi connectivity index (χ2v) is 4.09. The van der Waals surface area contributed by atoms with Crippen molar-refractivity contribution >= 4 is 21.8 Å². The van der Waals surface area contributed by atoms with Gasteiger partial charge in [-0.3, -0.25) is 0 Å². The van der Waals surface area contributed by atoms with Gasteiger partial charge in [-0.2, -0.15) is 0 Å². The number of phenols is 1. The van der Waals surface area contributed by atoms with Gasteiger partial charge in [0.15, 0.2) is 0 Å². The third kappa shape index (κ3) is 1.34. The molecular weight excluding hydrogens is 210 g/mol. The first kappa shape index (κ1) is 9.97. The van der Waals surface area contributed by atoms with Crippen LogP contribution in [0.4, 0.5) is 0 Å². The molecule has 0 fully saturated rings. The lowest BCUT2D eigenvalue weighted by Crippen LogP contribution is -1.93. The first-order valence-electron chi connectivity index (χ1n) is 5.62. The summed E-state index contributed by atoms with van der Waals surface area (Å²) in [6.45, 7) is 4.53. The van der Waals surface area contributed by atoms with Crippen LogP contribution in [0, 0.1) is 0 Å². The van der Waals surface area contributed by atoms with E-state index in [9.17, 15) is 5.11 Å². The number of nitrogens with zero attached hydrogens (tertiary/aromatic N) is 1. The molecule has 0 aliphatic carbocycles. The minimum Gasteiger partial charge on any atom is -0.507 e. The van der Waals surface area contributed by atoms with Crippen molar-refractivity contribution in [2.45, 2.75) is 6.54 Å². The van der Waals surface area contributed by atoms with Gasteiger partial charge in [0, 0.05) is 22.8 Å². The lowest BCUT2D eigenvalue weighted by atomic mass is 10.1. The third-order valence-electron chi connectivity index (χ3n) is 3.09. The molecule has 3 aromatic rings. The van der Waals surface area contributed by atoms with E-state index in [1.165, 1.54) is 0 Å². The Bertz CT molecular complexity index is 709. The summed E-state index contributed by atoms with van der Waals surface area (Å²) in [7, 11) is 0. The third-order valence-corrected chi connectivity index (χ3v) is 3.09. The summed E-state index contributed by atoms with van der Waals surface area (Å²) in [6, 6.07) is 13.7. The molecule has 1 N–H and O–H groups in total. The van der Waals surface area contributed by atoms with Crippen LogP contribution in [0.2, 0.25) is 0 Å². The van der Waals surface area contributed by atoms with Crippen LogP contribution in [0.1, 0.15) is 0 Å². The Hall–Kier alpha value is -2.22. The fourth-order valence-electron chi connectivity index (χ4n) is 2.41. The second kappa shape index (κ2) is 3.67. The Morgan fingerprint density at radius 2 is 1.82 bits per heavy atom. The van der Waals surface area contributed by atoms with Crippen molar-refractivity contribution in [3.63, 3.8) is 0 Å². The van der Waals surface area contributed by atoms with Crippen LogP contribution in [0.3, 0.4) is 0 Å². The van der Waals surface area contributed by atoms with Crippen LogP contribution in [0.15, 0.2) is 55.1 Å². The highest BCUT2D eigenvalue weighted by Gasteiger charge is 2.11. The lowest BCUT2D eigenvalue weighted by Gasteiger charge is -2.02. The molecule has 0 bridgehead atoms. The van der Waals surface area contributed by atoms with Crippen LogP contribution in [-0.2, 0) is 6.54 Å². The molecule has 84 valence electrons. The minimum absolute atomic E-state index is 0.335. The maximum absolute atomic E-state index is 10.0. The van der Waals surface area contributed by atoms with Crippen molar-refractivity contribution in [3.8, 4) is 5.75 Å². The lowest BCUT2D eigenvalue weighted by molar-refractivity contribution is 0.482. The average molecular weight is 223 g/mol. The normalized spacial score (nSPS) is 11.1. The summed E-state index contributed by atoms with van der Waals surface area (Å²) in [6.07, 6.45) is 1.87. The number of fused-ring (bicyclic) bond motifs is 3. The first-order chi connectivity index (χ1) is 8.33. The molecule has 0 spiro atoms. The quantitative estimate of drug-likeness (QED) is 0.658. The van der Waals surface area contributed by atoms with E-state index < -0.39 is 0 Å². The SMILES string of the molecule is C=CCn1c2ccccc2c2c(O)cccc21. The molecule has 3 rings (SSSR count). The fourth-order valence-corrected chi connectivity index (χ4v) is 2.41. The molecule has 0 saturated heterocycles. The maximum Gasteiger partial charge on any atom is 0.125 e. The standard InChI is InChI=1S/C15H13NO/c1-2-10-16-12-7-4-3-6-11(12)15-13(16)8-5-9-14(15)17/h2-9,17H,1,10H2. The predicted molar refractivity (Wildman–Crippen MR) is 71.3 cm³/mol. The number of hydrogen-bond acceptors (Lipinski definition) is 1. The highest BCUT2D eigenvalue weighted by Crippen LogP contribution is 2.34. The highest BCUT2D eigenvalue weighted by molar-refractivity contribution is 6.11. The fraction of sp³-hybridized carbons (Fsp3) is 0.0667. The highest BCUT2D eigenvalue weighted by atomic mass is 16.3. The van der Waals surface area contributed by atoms with Crippen LogP contribution < -0.4 is 0 Å². The average Bonchev–Trinajstić information content (AvgIpc) is 2.66. The summed E-state index contributed by atoms with van der Waals surface area (Å²) < 4.78 is 2.16. The van der Waals surface area contributed by atoms with Gasteiger partial charge in [0.1, 0.15) is 5.75 Å². The van der Waals surface area contributed by atoms with Crippen molar-refractivity contribution in [3.05, 3.63) is 55.1 Å². The van der Waals surface area contributed by atoms with E-state index >= 15 is 0 Å². The smallest absolute Gasteiger partial charge is 0.125 e. The van der Waals surface area contributed by atoms with Crippen molar-refractivity contribution in [1.82, 2.24) is 4.57 Å². The molecule has 1 aromatic heterocycles. The van der Waals surface area contributed by atoms with E-state index in [2.05, 4.69) is 17.2 Å². The van der Waals surface area contributed by atoms with Gasteiger partial charge in [0.2, 0.25) is 0 Å². The number of aromatic hydroxyl groups is 1. The molecule has 0 amide bonds. The Morgan fingerprint density at radius 3 is 2.65 bits per heavy atom. The Labute approximate surface area is 99.4 Å². The first-order valence-corrected chi connectivity index (χ1v) is 5.62. The number of benzene rings is 2. The van der Waals surface area contributed by atoms with Crippen LogP contribution in [0.25, 0.3) is 21.8 Å². The number of allylic oxidation sites excluding steroid dienone is 1. The van der Waals surface area contributed by atoms with Gasteiger partial charge in [0.05, 0.1) is 5.52 Å². The van der Waals surface area contributed by atoms with Crippen molar-refractivity contribution in [2.24, 2.45) is 0 Å². The molecule has 17 heavy (non-hydrogen) atoms. The maximum atomic E-state index is 10.0. The van der Waals surface area contributed by atoms with E-state index in [0.29, 0.717) is 5.75 Å². The van der Waals surface area contributed by atoms with Crippen molar-refractivity contribution in [1.29, 1.82) is 0 Å². The van der Waals surface area contributed by atoms with Crippen molar-refractivity contribution < 1.29 is 5.11 Å². The van der Waals surface area contributed by atoms with Gasteiger partial charge in [0.25, 0.3) is 0 Å². The van der Waals surface area contributed by atoms with E-state index in [0.717, 1.165) is 28.4 Å². The van der Waals surface area contributed by atoms with Gasteiger partial charge in [-0.25, -0.2) is 0 Å². The predicted octanol–water partition coefficient (Wildman–Crippen LogP) is 3.69. The Morgan fingerprint density at radius 1 is 1.06 bits per heavy atom. The number of para-hydroxylation sites is 1. The topological polar surface area (TPSA) is 25.2 Å². The number of aromatic nitrogens is 1. The molecular formula is C15H13NO. The van der Waals surface area contributed by atoms with Crippen LogP contribution in [0.5, 0.6) is 5.75 Å². The van der Waals surface area contributed by atoms with Crippen LogP contribution >= 0.6 is 0 Å². The van der Waals surface area contributed by atoms with E-state index in [1.54, 1.807) is 6.07 Å². The van der Waals surface area contributed by atoms with Crippen molar-refractivity contribution in [2.75, 3.05) is 0 Å². The van der Waals surface area contributed by atoms with Crippen LogP contribution in [-0.4, -0.2) is 9.67 Å². The zero-order valence-electron chi connectivity index (χ0n) is 9.43. The summed E-state index contributed by atoms with van der Waals surface area (Å²) in [5, 5.41) is 12.0.